The third kappa shape index (κ3) is 3.41. The molecule has 0 saturated heterocycles. The maximum absolute atomic E-state index is 11.7. The van der Waals surface area contributed by atoms with Crippen molar-refractivity contribution in [1.82, 2.24) is 9.59 Å². The van der Waals surface area contributed by atoms with E-state index in [1.165, 1.54) is 24.4 Å². The van der Waals surface area contributed by atoms with Crippen LogP contribution < -0.4 is 5.32 Å². The van der Waals surface area contributed by atoms with Gasteiger partial charge in [-0.25, -0.2) is 8.42 Å². The van der Waals surface area contributed by atoms with Crippen LogP contribution in [-0.2, 0) is 9.05 Å². The fourth-order valence-electron chi connectivity index (χ4n) is 1.24. The SMILES string of the molecule is O=C(Nc1ccc(S(=O)(=O)Cl)c(Cl)c1)c1cnns1. The maximum atomic E-state index is 11.7. The highest BCUT2D eigenvalue weighted by Gasteiger charge is 2.16. The van der Waals surface area contributed by atoms with Crippen LogP contribution in [-0.4, -0.2) is 23.9 Å². The van der Waals surface area contributed by atoms with E-state index < -0.39 is 15.0 Å². The Labute approximate surface area is 121 Å². The van der Waals surface area contributed by atoms with E-state index in [1.807, 2.05) is 0 Å². The summed E-state index contributed by atoms with van der Waals surface area (Å²) < 4.78 is 25.9. The van der Waals surface area contributed by atoms with Crippen molar-refractivity contribution < 1.29 is 13.2 Å². The van der Waals surface area contributed by atoms with Crippen molar-refractivity contribution >= 4 is 54.5 Å². The minimum Gasteiger partial charge on any atom is -0.321 e. The van der Waals surface area contributed by atoms with Crippen LogP contribution in [0, 0.1) is 0 Å². The number of benzene rings is 1. The molecule has 0 spiro atoms. The minimum absolute atomic E-state index is 0.0739. The van der Waals surface area contributed by atoms with E-state index in [0.29, 0.717) is 10.6 Å². The first-order chi connectivity index (χ1) is 8.88. The molecule has 0 bridgehead atoms. The molecule has 0 saturated carbocycles. The molecule has 0 aliphatic heterocycles. The van der Waals surface area contributed by atoms with Crippen molar-refractivity contribution in [3.63, 3.8) is 0 Å². The molecule has 0 radical (unpaired) electrons. The molecular formula is C9H5Cl2N3O3S2. The molecule has 1 aromatic carbocycles. The number of nitrogens with zero attached hydrogens (tertiary/aromatic N) is 2. The molecule has 2 aromatic rings. The van der Waals surface area contributed by atoms with Gasteiger partial charge in [-0.15, -0.1) is 5.10 Å². The Morgan fingerprint density at radius 2 is 2.11 bits per heavy atom. The van der Waals surface area contributed by atoms with Gasteiger partial charge in [0.05, 0.1) is 11.2 Å². The summed E-state index contributed by atoms with van der Waals surface area (Å²) >= 11 is 6.72. The van der Waals surface area contributed by atoms with Gasteiger partial charge in [0.2, 0.25) is 0 Å². The van der Waals surface area contributed by atoms with Crippen LogP contribution in [0.15, 0.2) is 29.3 Å². The van der Waals surface area contributed by atoms with Gasteiger partial charge in [-0.1, -0.05) is 16.1 Å². The van der Waals surface area contributed by atoms with Gasteiger partial charge >= 0.3 is 0 Å². The van der Waals surface area contributed by atoms with Gasteiger partial charge < -0.3 is 5.32 Å². The number of rotatable bonds is 3. The average molecular weight is 338 g/mol. The molecule has 6 nitrogen and oxygen atoms in total. The molecule has 19 heavy (non-hydrogen) atoms. The van der Waals surface area contributed by atoms with Crippen LogP contribution in [0.4, 0.5) is 5.69 Å². The summed E-state index contributed by atoms with van der Waals surface area (Å²) in [6.45, 7) is 0. The van der Waals surface area contributed by atoms with Crippen molar-refractivity contribution in [2.75, 3.05) is 5.32 Å². The Kier molecular flexibility index (Phi) is 4.04. The van der Waals surface area contributed by atoms with E-state index in [4.69, 9.17) is 22.3 Å². The first-order valence-corrected chi connectivity index (χ1v) is 8.17. The third-order valence-corrected chi connectivity index (χ3v) is 4.51. The highest BCUT2D eigenvalue weighted by Crippen LogP contribution is 2.27. The summed E-state index contributed by atoms with van der Waals surface area (Å²) in [5, 5.41) is 5.99. The van der Waals surface area contributed by atoms with Crippen molar-refractivity contribution in [2.45, 2.75) is 4.90 Å². The van der Waals surface area contributed by atoms with Crippen molar-refractivity contribution in [1.29, 1.82) is 0 Å². The standard InChI is InChI=1S/C9H5Cl2N3O3S2/c10-6-3-5(1-2-8(6)19(11,16)17)13-9(15)7-4-12-14-18-7/h1-4H,(H,13,15). The number of anilines is 1. The second-order valence-electron chi connectivity index (χ2n) is 3.32. The summed E-state index contributed by atoms with van der Waals surface area (Å²) in [4.78, 5) is 11.8. The monoisotopic (exact) mass is 337 g/mol. The molecule has 1 N–H and O–H groups in total. The topological polar surface area (TPSA) is 89.0 Å². The van der Waals surface area contributed by atoms with Crippen LogP contribution in [0.5, 0.6) is 0 Å². The van der Waals surface area contributed by atoms with E-state index in [1.54, 1.807) is 0 Å². The molecule has 100 valence electrons. The number of hydrogen-bond acceptors (Lipinski definition) is 6. The smallest absolute Gasteiger partial charge is 0.269 e. The van der Waals surface area contributed by atoms with Crippen molar-refractivity contribution in [3.05, 3.63) is 34.3 Å². The quantitative estimate of drug-likeness (QED) is 0.868. The predicted molar refractivity (Wildman–Crippen MR) is 72.4 cm³/mol. The Morgan fingerprint density at radius 1 is 1.37 bits per heavy atom. The number of nitrogens with one attached hydrogen (secondary N) is 1. The largest absolute Gasteiger partial charge is 0.321 e. The Balaban J connectivity index is 2.24. The second kappa shape index (κ2) is 5.41. The van der Waals surface area contributed by atoms with Crippen LogP contribution in [0.1, 0.15) is 9.67 Å². The zero-order valence-electron chi connectivity index (χ0n) is 9.00. The van der Waals surface area contributed by atoms with Gasteiger partial charge in [0.1, 0.15) is 9.77 Å². The summed E-state index contributed by atoms with van der Waals surface area (Å²) in [6.07, 6.45) is 1.32. The van der Waals surface area contributed by atoms with Gasteiger partial charge in [0.25, 0.3) is 15.0 Å². The van der Waals surface area contributed by atoms with E-state index in [0.717, 1.165) is 11.5 Å². The molecule has 1 heterocycles. The fraction of sp³-hybridized carbons (Fsp3) is 0. The molecule has 0 aliphatic rings. The van der Waals surface area contributed by atoms with E-state index in [2.05, 4.69) is 14.9 Å². The normalized spacial score (nSPS) is 11.3. The zero-order chi connectivity index (χ0) is 14.0. The predicted octanol–water partition coefficient (Wildman–Crippen LogP) is 2.37. The lowest BCUT2D eigenvalue weighted by Gasteiger charge is -2.05. The minimum atomic E-state index is -3.91. The Bertz CT molecular complexity index is 716. The van der Waals surface area contributed by atoms with E-state index in [9.17, 15) is 13.2 Å². The fourth-order valence-corrected chi connectivity index (χ4v) is 3.18. The van der Waals surface area contributed by atoms with Gasteiger partial charge in [-0.2, -0.15) is 0 Å². The highest BCUT2D eigenvalue weighted by atomic mass is 35.7. The molecule has 0 fully saturated rings. The molecule has 0 aliphatic carbocycles. The number of halogens is 2. The Morgan fingerprint density at radius 3 is 2.63 bits per heavy atom. The lowest BCUT2D eigenvalue weighted by molar-refractivity contribution is 0.103. The molecule has 1 aromatic heterocycles. The number of aromatic nitrogens is 2. The van der Waals surface area contributed by atoms with Crippen LogP contribution in [0.3, 0.4) is 0 Å². The highest BCUT2D eigenvalue weighted by molar-refractivity contribution is 8.13. The van der Waals surface area contributed by atoms with Gasteiger partial charge in [-0.3, -0.25) is 4.79 Å². The van der Waals surface area contributed by atoms with E-state index >= 15 is 0 Å². The summed E-state index contributed by atoms with van der Waals surface area (Å²) in [6, 6.07) is 3.89. The van der Waals surface area contributed by atoms with Gasteiger partial charge in [0, 0.05) is 16.4 Å². The molecule has 0 unspecified atom stereocenters. The number of carbonyl (C=O) groups excluding carboxylic acids is 1. The lowest BCUT2D eigenvalue weighted by Crippen LogP contribution is -2.10. The summed E-state index contributed by atoms with van der Waals surface area (Å²) in [5.74, 6) is -0.410. The second-order valence-corrected chi connectivity index (χ2v) is 7.05. The van der Waals surface area contributed by atoms with Crippen LogP contribution in [0.2, 0.25) is 5.02 Å². The molecular weight excluding hydrogens is 333 g/mol. The van der Waals surface area contributed by atoms with Crippen LogP contribution >= 0.6 is 33.8 Å². The Hall–Kier alpha value is -1.22. The van der Waals surface area contributed by atoms with Crippen LogP contribution in [0.25, 0.3) is 0 Å². The maximum Gasteiger partial charge on any atom is 0.269 e. The number of amides is 1. The first kappa shape index (κ1) is 14.2. The number of hydrogen-bond donors (Lipinski definition) is 1. The average Bonchev–Trinajstić information content (AvgIpc) is 2.80. The zero-order valence-corrected chi connectivity index (χ0v) is 12.1. The molecule has 1 amide bonds. The lowest BCUT2D eigenvalue weighted by atomic mass is 10.3. The molecule has 10 heteroatoms. The number of carbonyl (C=O) groups is 1. The molecule has 0 atom stereocenters. The van der Waals surface area contributed by atoms with Crippen molar-refractivity contribution in [3.8, 4) is 0 Å². The summed E-state index contributed by atoms with van der Waals surface area (Å²) in [5.41, 5.74) is 0.340. The van der Waals surface area contributed by atoms with Gasteiger partial charge in [-0.05, 0) is 29.7 Å². The summed E-state index contributed by atoms with van der Waals surface area (Å²) in [7, 11) is 1.28. The first-order valence-electron chi connectivity index (χ1n) is 4.71. The van der Waals surface area contributed by atoms with Gasteiger partial charge in [0.15, 0.2) is 0 Å². The third-order valence-electron chi connectivity index (χ3n) is 2.04. The van der Waals surface area contributed by atoms with E-state index in [-0.39, 0.29) is 9.92 Å². The van der Waals surface area contributed by atoms with Crippen molar-refractivity contribution in [2.24, 2.45) is 0 Å². The molecule has 2 rings (SSSR count).